The third kappa shape index (κ3) is 4.49. The number of benzene rings is 1. The van der Waals surface area contributed by atoms with Crippen molar-refractivity contribution in [1.82, 2.24) is 4.73 Å². The van der Waals surface area contributed by atoms with Crippen molar-refractivity contribution in [2.45, 2.75) is 24.0 Å². The summed E-state index contributed by atoms with van der Waals surface area (Å²) in [7, 11) is -3.32. The Morgan fingerprint density at radius 2 is 2.08 bits per heavy atom. The number of thioether (sulfide) groups is 1. The minimum atomic E-state index is -3.32. The Balaban J connectivity index is 2.18. The molecular weight excluding hydrogens is 370 g/mol. The van der Waals surface area contributed by atoms with Crippen LogP contribution in [0.4, 0.5) is 0 Å². The van der Waals surface area contributed by atoms with E-state index >= 15 is 0 Å². The third-order valence-corrected chi connectivity index (χ3v) is 5.41. The molecule has 24 heavy (non-hydrogen) atoms. The van der Waals surface area contributed by atoms with Gasteiger partial charge in [-0.25, -0.2) is 8.42 Å². The summed E-state index contributed by atoms with van der Waals surface area (Å²) < 4.78 is 29.8. The first-order valence-electron chi connectivity index (χ1n) is 7.09. The number of fused-ring (bicyclic) bond motifs is 1. The van der Waals surface area contributed by atoms with Crippen LogP contribution in [0.3, 0.4) is 0 Å². The molecule has 9 heteroatoms. The van der Waals surface area contributed by atoms with Crippen LogP contribution in [-0.4, -0.2) is 41.6 Å². The average molecular weight is 388 g/mol. The highest BCUT2D eigenvalue weighted by molar-refractivity contribution is 8.23. The van der Waals surface area contributed by atoms with Gasteiger partial charge in [0.15, 0.2) is 9.84 Å². The van der Waals surface area contributed by atoms with Crippen molar-refractivity contribution in [1.29, 1.82) is 0 Å². The van der Waals surface area contributed by atoms with Gasteiger partial charge in [0.25, 0.3) is 4.38 Å². The van der Waals surface area contributed by atoms with E-state index in [2.05, 4.69) is 0 Å². The second-order valence-corrected chi connectivity index (χ2v) is 8.95. The molecule has 1 heterocycles. The van der Waals surface area contributed by atoms with Gasteiger partial charge in [0.2, 0.25) is 0 Å². The van der Waals surface area contributed by atoms with E-state index in [1.165, 1.54) is 16.9 Å². The van der Waals surface area contributed by atoms with Gasteiger partial charge in [0.05, 0.1) is 17.0 Å². The maximum atomic E-state index is 11.7. The maximum absolute atomic E-state index is 11.7. The molecule has 0 bridgehead atoms. The number of carbonyl (C=O) groups excluding carboxylic acids is 1. The van der Waals surface area contributed by atoms with Gasteiger partial charge in [-0.3, -0.25) is 4.79 Å². The predicted octanol–water partition coefficient (Wildman–Crippen LogP) is 2.44. The lowest BCUT2D eigenvalue weighted by Crippen LogP contribution is -2.22. The molecular formula is C15H17NO5S3. The van der Waals surface area contributed by atoms with E-state index in [-0.39, 0.29) is 15.2 Å². The summed E-state index contributed by atoms with van der Waals surface area (Å²) in [6, 6.07) is 6.54. The van der Waals surface area contributed by atoms with E-state index in [0.717, 1.165) is 23.4 Å². The lowest BCUT2D eigenvalue weighted by atomic mass is 10.2. The molecule has 0 aliphatic rings. The zero-order chi connectivity index (χ0) is 17.9. The molecule has 2 rings (SSSR count). The highest BCUT2D eigenvalue weighted by atomic mass is 32.2. The van der Waals surface area contributed by atoms with Crippen molar-refractivity contribution >= 4 is 55.1 Å². The Kier molecular flexibility index (Phi) is 5.89. The fraction of sp³-hybridized carbons (Fsp3) is 0.333. The van der Waals surface area contributed by atoms with E-state index in [1.54, 1.807) is 32.2 Å². The quantitative estimate of drug-likeness (QED) is 0.576. The SMILES string of the molecule is CCOC(=O)C(C)SC(=S)On1ccc2ccc(S(C)(=O)=O)cc21. The molecule has 0 saturated heterocycles. The monoisotopic (exact) mass is 387 g/mol. The van der Waals surface area contributed by atoms with Gasteiger partial charge in [0, 0.05) is 17.8 Å². The number of aromatic nitrogens is 1. The number of thiocarbonyl (C=S) groups is 1. The highest BCUT2D eigenvalue weighted by Crippen LogP contribution is 2.21. The van der Waals surface area contributed by atoms with Crippen LogP contribution in [0, 0.1) is 0 Å². The fourth-order valence-electron chi connectivity index (χ4n) is 1.95. The summed E-state index contributed by atoms with van der Waals surface area (Å²) in [5.74, 6) is -0.370. The van der Waals surface area contributed by atoms with E-state index < -0.39 is 15.1 Å². The topological polar surface area (TPSA) is 74.6 Å². The molecule has 0 fully saturated rings. The van der Waals surface area contributed by atoms with Crippen molar-refractivity contribution in [3.8, 4) is 0 Å². The number of hydrogen-bond acceptors (Lipinski definition) is 7. The Bertz CT molecular complexity index is 872. The van der Waals surface area contributed by atoms with Crippen LogP contribution < -0.4 is 4.84 Å². The summed E-state index contributed by atoms with van der Waals surface area (Å²) in [5.41, 5.74) is 0.574. The third-order valence-electron chi connectivity index (χ3n) is 3.12. The number of ether oxygens (including phenoxy) is 1. The van der Waals surface area contributed by atoms with Crippen LogP contribution in [0.15, 0.2) is 35.4 Å². The minimum absolute atomic E-state index is 0.137. The van der Waals surface area contributed by atoms with Crippen molar-refractivity contribution in [3.05, 3.63) is 30.5 Å². The van der Waals surface area contributed by atoms with Gasteiger partial charge in [-0.05, 0) is 44.3 Å². The van der Waals surface area contributed by atoms with Gasteiger partial charge in [-0.1, -0.05) is 17.8 Å². The Labute approximate surface area is 150 Å². The average Bonchev–Trinajstić information content (AvgIpc) is 2.88. The van der Waals surface area contributed by atoms with Crippen molar-refractivity contribution in [3.63, 3.8) is 0 Å². The molecule has 130 valence electrons. The summed E-state index contributed by atoms with van der Waals surface area (Å²) >= 11 is 6.20. The summed E-state index contributed by atoms with van der Waals surface area (Å²) in [5, 5.41) is 0.319. The molecule has 0 spiro atoms. The van der Waals surface area contributed by atoms with Crippen LogP contribution in [0.25, 0.3) is 10.9 Å². The largest absolute Gasteiger partial charge is 0.465 e. The number of sulfone groups is 1. The molecule has 1 aromatic carbocycles. The van der Waals surface area contributed by atoms with Gasteiger partial charge in [0.1, 0.15) is 5.25 Å². The van der Waals surface area contributed by atoms with Gasteiger partial charge >= 0.3 is 5.97 Å². The molecule has 0 saturated carbocycles. The second kappa shape index (κ2) is 7.54. The summed E-state index contributed by atoms with van der Waals surface area (Å²) in [4.78, 5) is 17.4. The number of hydrogen-bond donors (Lipinski definition) is 0. The number of carbonyl (C=O) groups is 1. The molecule has 1 atom stereocenters. The van der Waals surface area contributed by atoms with Crippen molar-refractivity contribution in [2.75, 3.05) is 12.9 Å². The van der Waals surface area contributed by atoms with E-state index in [4.69, 9.17) is 21.8 Å². The van der Waals surface area contributed by atoms with Crippen LogP contribution in [-0.2, 0) is 19.4 Å². The molecule has 1 aromatic heterocycles. The van der Waals surface area contributed by atoms with Crippen LogP contribution in [0.1, 0.15) is 13.8 Å². The molecule has 1 unspecified atom stereocenters. The van der Waals surface area contributed by atoms with Crippen LogP contribution in [0.5, 0.6) is 0 Å². The molecule has 0 aliphatic carbocycles. The fourth-order valence-corrected chi connectivity index (χ4v) is 3.68. The Hall–Kier alpha value is -1.58. The van der Waals surface area contributed by atoms with Gasteiger partial charge in [-0.15, -0.1) is 0 Å². The van der Waals surface area contributed by atoms with Crippen LogP contribution in [0.2, 0.25) is 0 Å². The Morgan fingerprint density at radius 1 is 1.38 bits per heavy atom. The zero-order valence-electron chi connectivity index (χ0n) is 13.4. The molecule has 6 nitrogen and oxygen atoms in total. The van der Waals surface area contributed by atoms with Crippen LogP contribution >= 0.6 is 24.0 Å². The first-order chi connectivity index (χ1) is 11.2. The van der Waals surface area contributed by atoms with Crippen molar-refractivity contribution in [2.24, 2.45) is 0 Å². The first kappa shape index (κ1) is 18.8. The number of esters is 1. The van der Waals surface area contributed by atoms with Crippen molar-refractivity contribution < 1.29 is 22.8 Å². The zero-order valence-corrected chi connectivity index (χ0v) is 15.8. The Morgan fingerprint density at radius 3 is 2.71 bits per heavy atom. The van der Waals surface area contributed by atoms with E-state index in [0.29, 0.717) is 12.1 Å². The summed E-state index contributed by atoms with van der Waals surface area (Å²) in [6.07, 6.45) is 2.78. The molecule has 0 N–H and O–H groups in total. The van der Waals surface area contributed by atoms with E-state index in [1.807, 2.05) is 0 Å². The molecule has 0 amide bonds. The first-order valence-corrected chi connectivity index (χ1v) is 10.3. The minimum Gasteiger partial charge on any atom is -0.465 e. The normalized spacial score (nSPS) is 12.8. The predicted molar refractivity (Wildman–Crippen MR) is 97.9 cm³/mol. The standard InChI is InChI=1S/C15H17NO5S3/c1-4-20-14(17)10(2)23-15(22)21-16-8-7-11-5-6-12(9-13(11)16)24(3,18)19/h5-10H,4H2,1-3H3. The summed E-state index contributed by atoms with van der Waals surface area (Å²) in [6.45, 7) is 3.71. The maximum Gasteiger partial charge on any atom is 0.319 e. The molecule has 2 aromatic rings. The van der Waals surface area contributed by atoms with E-state index in [9.17, 15) is 13.2 Å². The number of rotatable bonds is 5. The molecule has 0 aliphatic heterocycles. The second-order valence-electron chi connectivity index (χ2n) is 4.99. The van der Waals surface area contributed by atoms with Gasteiger partial charge in [-0.2, -0.15) is 4.73 Å². The highest BCUT2D eigenvalue weighted by Gasteiger charge is 2.19. The lowest BCUT2D eigenvalue weighted by Gasteiger charge is -2.12. The lowest BCUT2D eigenvalue weighted by molar-refractivity contribution is -0.142. The number of nitrogens with zero attached hydrogens (tertiary/aromatic N) is 1. The molecule has 0 radical (unpaired) electrons. The van der Waals surface area contributed by atoms with Gasteiger partial charge < -0.3 is 9.57 Å². The smallest absolute Gasteiger partial charge is 0.319 e.